The molecule has 0 spiro atoms. The number of nitrogens with zero attached hydrogens (tertiary/aromatic N) is 4. The second-order valence-corrected chi connectivity index (χ2v) is 14.4. The van der Waals surface area contributed by atoms with Crippen molar-refractivity contribution in [2.75, 3.05) is 0 Å². The van der Waals surface area contributed by atoms with E-state index in [2.05, 4.69) is 31.7 Å². The second-order valence-electron chi connectivity index (χ2n) is 13.0. The fourth-order valence-electron chi connectivity index (χ4n) is 6.95. The van der Waals surface area contributed by atoms with Crippen molar-refractivity contribution in [2.24, 2.45) is 16.3 Å². The molecule has 3 aliphatic rings. The van der Waals surface area contributed by atoms with E-state index in [-0.39, 0.29) is 23.9 Å². The number of aliphatic imine (C=N–C) groups is 1. The highest BCUT2D eigenvalue weighted by molar-refractivity contribution is 8.18. The van der Waals surface area contributed by atoms with Crippen LogP contribution in [0.1, 0.15) is 84.0 Å². The van der Waals surface area contributed by atoms with Gasteiger partial charge in [0.25, 0.3) is 5.91 Å². The molecule has 1 N–H and O–H groups in total. The van der Waals surface area contributed by atoms with Crippen molar-refractivity contribution in [3.8, 4) is 6.07 Å². The molecule has 4 atom stereocenters. The summed E-state index contributed by atoms with van der Waals surface area (Å²) in [4.78, 5) is 37.2. The number of amides is 1. The van der Waals surface area contributed by atoms with Crippen LogP contribution in [0.4, 0.5) is 0 Å². The molecule has 220 valence electrons. The Morgan fingerprint density at radius 2 is 1.76 bits per heavy atom. The molecule has 5 rings (SSSR count). The molecule has 0 aromatic heterocycles. The predicted molar refractivity (Wildman–Crippen MR) is 167 cm³/mol. The van der Waals surface area contributed by atoms with Crippen LogP contribution in [0, 0.1) is 22.7 Å². The average molecular weight is 605 g/mol. The fourth-order valence-corrected chi connectivity index (χ4v) is 8.42. The first kappa shape index (κ1) is 30.2. The van der Waals surface area contributed by atoms with E-state index in [9.17, 15) is 20.0 Å². The Morgan fingerprint density at radius 1 is 1.14 bits per heavy atom. The molecule has 7 nitrogen and oxygen atoms in total. The molecule has 0 aliphatic carbocycles. The van der Waals surface area contributed by atoms with E-state index in [1.807, 2.05) is 64.1 Å². The zero-order chi connectivity index (χ0) is 30.8. The number of likely N-dealkylation sites (tertiary alicyclic amines) is 1. The van der Waals surface area contributed by atoms with Gasteiger partial charge in [0.2, 0.25) is 0 Å². The number of hydrogen-bond donors (Lipinski definition) is 1. The molecule has 2 aromatic rings. The van der Waals surface area contributed by atoms with E-state index in [1.165, 1.54) is 11.8 Å². The summed E-state index contributed by atoms with van der Waals surface area (Å²) in [5, 5.41) is 21.3. The van der Waals surface area contributed by atoms with Gasteiger partial charge in [-0.25, -0.2) is 9.79 Å². The number of allylic oxidation sites excluding steroid dienone is 1. The third-order valence-electron chi connectivity index (χ3n) is 9.12. The zero-order valence-electron chi connectivity index (χ0n) is 25.1. The Labute approximate surface area is 257 Å². The normalized spacial score (nSPS) is 27.4. The van der Waals surface area contributed by atoms with Crippen LogP contribution in [-0.2, 0) is 15.1 Å². The molecular formula is C33H37ClN4O3S. The van der Waals surface area contributed by atoms with Gasteiger partial charge in [-0.2, -0.15) is 5.26 Å². The van der Waals surface area contributed by atoms with Gasteiger partial charge in [0, 0.05) is 16.8 Å². The molecular weight excluding hydrogens is 568 g/mol. The van der Waals surface area contributed by atoms with E-state index in [0.29, 0.717) is 33.5 Å². The van der Waals surface area contributed by atoms with Crippen molar-refractivity contribution in [3.63, 3.8) is 0 Å². The molecule has 9 heteroatoms. The molecule has 0 bridgehead atoms. The highest BCUT2D eigenvalue weighted by Crippen LogP contribution is 2.57. The van der Waals surface area contributed by atoms with Gasteiger partial charge in [0.1, 0.15) is 16.0 Å². The molecule has 1 fully saturated rings. The van der Waals surface area contributed by atoms with Gasteiger partial charge < -0.3 is 14.9 Å². The maximum atomic E-state index is 14.6. The van der Waals surface area contributed by atoms with Crippen molar-refractivity contribution in [3.05, 3.63) is 80.8 Å². The maximum absolute atomic E-state index is 14.6. The number of aliphatic carboxylic acids is 1. The summed E-state index contributed by atoms with van der Waals surface area (Å²) in [6, 6.07) is 16.9. The average Bonchev–Trinajstić information content (AvgIpc) is 3.56. The Morgan fingerprint density at radius 3 is 2.29 bits per heavy atom. The minimum absolute atomic E-state index is 0.0472. The molecule has 1 saturated heterocycles. The molecule has 1 amide bonds. The largest absolute Gasteiger partial charge is 0.479 e. The summed E-state index contributed by atoms with van der Waals surface area (Å²) in [6.45, 7) is 13.9. The second kappa shape index (κ2) is 10.5. The molecule has 0 radical (unpaired) electrons. The topological polar surface area (TPSA) is 97.0 Å². The van der Waals surface area contributed by atoms with Crippen LogP contribution < -0.4 is 0 Å². The molecule has 42 heavy (non-hydrogen) atoms. The monoisotopic (exact) mass is 604 g/mol. The van der Waals surface area contributed by atoms with Crippen molar-refractivity contribution >= 4 is 40.4 Å². The van der Waals surface area contributed by atoms with Gasteiger partial charge in [0.15, 0.2) is 5.17 Å². The van der Waals surface area contributed by atoms with Gasteiger partial charge in [0.05, 0.1) is 17.7 Å². The van der Waals surface area contributed by atoms with E-state index in [4.69, 9.17) is 16.6 Å². The SMILES string of the molecule is CC(C)C1=C(C(=O)N2[C@H](C)CC[C@]2(C(=O)O)C(C)(C)C)SC2=N[C@@](C)(c3ccc(C#N)cc3)[C@@H](c3ccc(Cl)cc3)N21. The lowest BCUT2D eigenvalue weighted by Gasteiger charge is -2.46. The molecule has 2 aromatic carbocycles. The fraction of sp³-hybridized carbons (Fsp3) is 0.455. The van der Waals surface area contributed by atoms with Crippen molar-refractivity contribution in [1.29, 1.82) is 5.26 Å². The number of benzene rings is 2. The Balaban J connectivity index is 1.67. The summed E-state index contributed by atoms with van der Waals surface area (Å²) in [5.41, 5.74) is 0.633. The number of halogens is 1. The van der Waals surface area contributed by atoms with Gasteiger partial charge in [-0.15, -0.1) is 0 Å². The highest BCUT2D eigenvalue weighted by Gasteiger charge is 2.61. The van der Waals surface area contributed by atoms with E-state index >= 15 is 0 Å². The molecule has 0 unspecified atom stereocenters. The Kier molecular flexibility index (Phi) is 7.52. The van der Waals surface area contributed by atoms with E-state index in [1.54, 1.807) is 17.0 Å². The predicted octanol–water partition coefficient (Wildman–Crippen LogP) is 7.33. The molecule has 3 aliphatic heterocycles. The number of fused-ring (bicyclic) bond motifs is 1. The van der Waals surface area contributed by atoms with Crippen molar-refractivity contribution in [2.45, 2.75) is 84.5 Å². The number of carboxylic acids is 1. The number of carbonyl (C=O) groups is 2. The van der Waals surface area contributed by atoms with E-state index in [0.717, 1.165) is 16.8 Å². The first-order valence-corrected chi connectivity index (χ1v) is 15.5. The minimum atomic E-state index is -1.32. The Hall–Kier alpha value is -3.28. The van der Waals surface area contributed by atoms with Gasteiger partial charge in [-0.3, -0.25) is 4.79 Å². The molecule has 3 heterocycles. The third kappa shape index (κ3) is 4.44. The van der Waals surface area contributed by atoms with Crippen molar-refractivity contribution in [1.82, 2.24) is 9.80 Å². The highest BCUT2D eigenvalue weighted by atomic mass is 35.5. The van der Waals surface area contributed by atoms with Crippen LogP contribution in [0.25, 0.3) is 0 Å². The number of rotatable bonds is 5. The third-order valence-corrected chi connectivity index (χ3v) is 10.4. The van der Waals surface area contributed by atoms with Crippen LogP contribution in [0.15, 0.2) is 64.1 Å². The summed E-state index contributed by atoms with van der Waals surface area (Å²) in [6.07, 6.45) is 1.03. The van der Waals surface area contributed by atoms with Crippen LogP contribution >= 0.6 is 23.4 Å². The van der Waals surface area contributed by atoms with Gasteiger partial charge >= 0.3 is 5.97 Å². The van der Waals surface area contributed by atoms with E-state index < -0.39 is 22.5 Å². The zero-order valence-corrected chi connectivity index (χ0v) is 26.7. The van der Waals surface area contributed by atoms with Crippen molar-refractivity contribution < 1.29 is 14.7 Å². The van der Waals surface area contributed by atoms with Gasteiger partial charge in [-0.1, -0.05) is 70.5 Å². The summed E-state index contributed by atoms with van der Waals surface area (Å²) in [5.74, 6) is -1.26. The number of hydrogen-bond acceptors (Lipinski definition) is 6. The lowest BCUT2D eigenvalue weighted by atomic mass is 9.71. The summed E-state index contributed by atoms with van der Waals surface area (Å²) < 4.78 is 0. The van der Waals surface area contributed by atoms with Crippen LogP contribution in [-0.4, -0.2) is 43.5 Å². The van der Waals surface area contributed by atoms with Crippen LogP contribution in [0.2, 0.25) is 5.02 Å². The maximum Gasteiger partial charge on any atom is 0.330 e. The van der Waals surface area contributed by atoms with Crippen LogP contribution in [0.5, 0.6) is 0 Å². The standard InChI is InChI=1S/C33H37ClN4O3S/c1-19(2)25-26(28(39)38-20(3)16-17-33(38,29(40)41)31(4,5)6)42-30-36-32(7,23-12-8-21(18-35)9-13-23)27(37(25)30)22-10-14-24(34)15-11-22/h8-15,19-20,27H,16-17H2,1-7H3,(H,40,41)/t20-,27-,32+,33+/m1/s1. The summed E-state index contributed by atoms with van der Waals surface area (Å²) in [7, 11) is 0. The lowest BCUT2D eigenvalue weighted by molar-refractivity contribution is -0.164. The Bertz CT molecular complexity index is 1540. The molecule has 0 saturated carbocycles. The number of carboxylic acid groups (broad SMARTS) is 1. The van der Waals surface area contributed by atoms with Gasteiger partial charge in [-0.05, 0) is 85.2 Å². The first-order chi connectivity index (χ1) is 19.7. The smallest absolute Gasteiger partial charge is 0.330 e. The minimum Gasteiger partial charge on any atom is -0.479 e. The first-order valence-electron chi connectivity index (χ1n) is 14.3. The quantitative estimate of drug-likeness (QED) is 0.384. The number of thioether (sulfide) groups is 1. The lowest BCUT2D eigenvalue weighted by Crippen LogP contribution is -2.62. The van der Waals surface area contributed by atoms with Crippen LogP contribution in [0.3, 0.4) is 0 Å². The number of amidine groups is 1. The summed E-state index contributed by atoms with van der Waals surface area (Å²) >= 11 is 7.62. The number of nitriles is 1. The number of carbonyl (C=O) groups excluding carboxylic acids is 1.